The second kappa shape index (κ2) is 49.3. The molecule has 0 saturated carbocycles. The number of esters is 1. The highest BCUT2D eigenvalue weighted by Crippen LogP contribution is 2.17. The molecule has 2 atom stereocenters. The van der Waals surface area contributed by atoms with E-state index < -0.39 is 12.1 Å². The Morgan fingerprint density at radius 2 is 0.814 bits per heavy atom. The molecule has 350 valence electrons. The van der Waals surface area contributed by atoms with E-state index in [1.165, 1.54) is 186 Å². The maximum absolute atomic E-state index is 12.4. The molecule has 59 heavy (non-hydrogen) atoms. The number of allylic oxidation sites excluding steroid dienone is 2. The number of hydrogen-bond donors (Lipinski definition) is 3. The standard InChI is InChI=1S/C53H103NO5/c1-3-5-7-9-11-13-15-17-19-20-21-23-25-27-31-35-39-43-47-53(58)59-48-44-40-36-32-28-30-34-38-42-46-52(57)54-50(49-55)51(56)45-41-37-33-29-26-24-22-18-16-14-12-10-8-6-4-2/h30,34,50-51,55-56H,3-29,31-33,35-49H2,1-2H3,(H,54,57)/b34-30-. The van der Waals surface area contributed by atoms with Crippen molar-refractivity contribution in [2.45, 2.75) is 302 Å². The second-order valence-electron chi connectivity index (χ2n) is 18.2. The Morgan fingerprint density at radius 1 is 0.458 bits per heavy atom. The van der Waals surface area contributed by atoms with Gasteiger partial charge in [-0.2, -0.15) is 0 Å². The summed E-state index contributed by atoms with van der Waals surface area (Å²) in [6, 6.07) is -0.577. The fraction of sp³-hybridized carbons (Fsp3) is 0.925. The van der Waals surface area contributed by atoms with Gasteiger partial charge < -0.3 is 20.3 Å². The van der Waals surface area contributed by atoms with Crippen molar-refractivity contribution in [3.05, 3.63) is 12.2 Å². The largest absolute Gasteiger partial charge is 0.466 e. The van der Waals surface area contributed by atoms with Crippen molar-refractivity contribution in [1.82, 2.24) is 5.32 Å². The SMILES string of the molecule is CCCCCCCCCCCCCCCCCCCCC(=O)OCCCCCC/C=C\CCCC(=O)NC(CO)C(O)CCCCCCCCCCCCCCCCC. The number of aliphatic hydroxyl groups excluding tert-OH is 2. The Kier molecular flexibility index (Phi) is 48.1. The van der Waals surface area contributed by atoms with Gasteiger partial charge in [-0.1, -0.05) is 244 Å². The normalized spacial score (nSPS) is 12.7. The molecule has 0 aliphatic heterocycles. The summed E-state index contributed by atoms with van der Waals surface area (Å²) in [4.78, 5) is 24.5. The van der Waals surface area contributed by atoms with Crippen LogP contribution in [0.2, 0.25) is 0 Å². The highest BCUT2D eigenvalue weighted by molar-refractivity contribution is 5.76. The second-order valence-corrected chi connectivity index (χ2v) is 18.2. The van der Waals surface area contributed by atoms with E-state index in [0.717, 1.165) is 70.6 Å². The Balaban J connectivity index is 3.50. The monoisotopic (exact) mass is 834 g/mol. The molecule has 1 amide bonds. The average molecular weight is 834 g/mol. The molecule has 0 aliphatic carbocycles. The lowest BCUT2D eigenvalue weighted by atomic mass is 10.0. The van der Waals surface area contributed by atoms with E-state index in [1.807, 2.05) is 0 Å². The Bertz CT molecular complexity index is 878. The number of rotatable bonds is 49. The first kappa shape index (κ1) is 57.6. The van der Waals surface area contributed by atoms with Crippen molar-refractivity contribution in [3.8, 4) is 0 Å². The number of carbonyl (C=O) groups excluding carboxylic acids is 2. The Morgan fingerprint density at radius 3 is 1.24 bits per heavy atom. The third-order valence-electron chi connectivity index (χ3n) is 12.3. The molecule has 0 spiro atoms. The van der Waals surface area contributed by atoms with Gasteiger partial charge in [0.1, 0.15) is 0 Å². The first-order valence-corrected chi connectivity index (χ1v) is 26.4. The molecule has 0 aromatic rings. The summed E-state index contributed by atoms with van der Waals surface area (Å²) in [6.45, 7) is 4.88. The van der Waals surface area contributed by atoms with Crippen LogP contribution in [-0.2, 0) is 14.3 Å². The number of ether oxygens (including phenoxy) is 1. The van der Waals surface area contributed by atoms with Gasteiger partial charge in [0.15, 0.2) is 0 Å². The van der Waals surface area contributed by atoms with Gasteiger partial charge in [-0.15, -0.1) is 0 Å². The smallest absolute Gasteiger partial charge is 0.305 e. The van der Waals surface area contributed by atoms with Gasteiger partial charge in [0, 0.05) is 12.8 Å². The van der Waals surface area contributed by atoms with Gasteiger partial charge in [-0.3, -0.25) is 9.59 Å². The van der Waals surface area contributed by atoms with Gasteiger partial charge in [0.05, 0.1) is 25.4 Å². The molecule has 0 fully saturated rings. The van der Waals surface area contributed by atoms with E-state index in [4.69, 9.17) is 4.74 Å². The predicted molar refractivity (Wildman–Crippen MR) is 255 cm³/mol. The molecule has 0 radical (unpaired) electrons. The molecule has 2 unspecified atom stereocenters. The summed E-state index contributed by atoms with van der Waals surface area (Å²) in [5.41, 5.74) is 0. The lowest BCUT2D eigenvalue weighted by molar-refractivity contribution is -0.143. The van der Waals surface area contributed by atoms with Gasteiger partial charge >= 0.3 is 5.97 Å². The zero-order chi connectivity index (χ0) is 43.0. The number of unbranched alkanes of at least 4 members (excludes halogenated alkanes) is 36. The molecule has 6 nitrogen and oxygen atoms in total. The van der Waals surface area contributed by atoms with E-state index >= 15 is 0 Å². The molecule has 0 rings (SSSR count). The van der Waals surface area contributed by atoms with Crippen LogP contribution in [0.1, 0.15) is 290 Å². The van der Waals surface area contributed by atoms with Gasteiger partial charge in [0.2, 0.25) is 5.91 Å². The van der Waals surface area contributed by atoms with Crippen LogP contribution in [0.5, 0.6) is 0 Å². The molecule has 6 heteroatoms. The van der Waals surface area contributed by atoms with Crippen LogP contribution < -0.4 is 5.32 Å². The molecule has 0 bridgehead atoms. The molecular formula is C53H103NO5. The first-order chi connectivity index (χ1) is 29.0. The summed E-state index contributed by atoms with van der Waals surface area (Å²) < 4.78 is 5.45. The summed E-state index contributed by atoms with van der Waals surface area (Å²) in [6.07, 6.45) is 56.2. The third-order valence-corrected chi connectivity index (χ3v) is 12.3. The Labute approximate surface area is 368 Å². The van der Waals surface area contributed by atoms with E-state index in [1.54, 1.807) is 0 Å². The van der Waals surface area contributed by atoms with Crippen LogP contribution >= 0.6 is 0 Å². The van der Waals surface area contributed by atoms with Crippen LogP contribution in [0.15, 0.2) is 12.2 Å². The first-order valence-electron chi connectivity index (χ1n) is 26.4. The number of carbonyl (C=O) groups is 2. The fourth-order valence-electron chi connectivity index (χ4n) is 8.23. The minimum Gasteiger partial charge on any atom is -0.466 e. The van der Waals surface area contributed by atoms with Crippen LogP contribution in [-0.4, -0.2) is 47.4 Å². The number of hydrogen-bond acceptors (Lipinski definition) is 5. The minimum atomic E-state index is -0.693. The summed E-state index contributed by atoms with van der Waals surface area (Å²) in [5, 5.41) is 23.2. The predicted octanol–water partition coefficient (Wildman–Crippen LogP) is 15.7. The van der Waals surface area contributed by atoms with E-state index in [2.05, 4.69) is 31.3 Å². The van der Waals surface area contributed by atoms with Gasteiger partial charge in [0.25, 0.3) is 0 Å². The summed E-state index contributed by atoms with van der Waals surface area (Å²) in [7, 11) is 0. The summed E-state index contributed by atoms with van der Waals surface area (Å²) in [5.74, 6) is -0.124. The molecule has 3 N–H and O–H groups in total. The van der Waals surface area contributed by atoms with Crippen molar-refractivity contribution >= 4 is 11.9 Å². The summed E-state index contributed by atoms with van der Waals surface area (Å²) >= 11 is 0. The van der Waals surface area contributed by atoms with Crippen LogP contribution in [0.4, 0.5) is 0 Å². The van der Waals surface area contributed by atoms with E-state index in [-0.39, 0.29) is 18.5 Å². The van der Waals surface area contributed by atoms with Crippen LogP contribution in [0.3, 0.4) is 0 Å². The van der Waals surface area contributed by atoms with Crippen molar-refractivity contribution in [1.29, 1.82) is 0 Å². The fourth-order valence-corrected chi connectivity index (χ4v) is 8.23. The lowest BCUT2D eigenvalue weighted by Crippen LogP contribution is -2.45. The maximum atomic E-state index is 12.4. The molecule has 0 heterocycles. The number of amides is 1. The van der Waals surface area contributed by atoms with E-state index in [0.29, 0.717) is 25.9 Å². The van der Waals surface area contributed by atoms with Crippen molar-refractivity contribution in [3.63, 3.8) is 0 Å². The Hall–Kier alpha value is -1.40. The minimum absolute atomic E-state index is 0.0310. The molecule has 0 aliphatic rings. The molecular weight excluding hydrogens is 731 g/mol. The number of nitrogens with one attached hydrogen (secondary N) is 1. The van der Waals surface area contributed by atoms with Crippen molar-refractivity contribution in [2.75, 3.05) is 13.2 Å². The topological polar surface area (TPSA) is 95.9 Å². The van der Waals surface area contributed by atoms with Crippen molar-refractivity contribution in [2.24, 2.45) is 0 Å². The molecule has 0 aromatic carbocycles. The number of aliphatic hydroxyl groups is 2. The third kappa shape index (κ3) is 45.9. The van der Waals surface area contributed by atoms with Crippen LogP contribution in [0, 0.1) is 0 Å². The lowest BCUT2D eigenvalue weighted by Gasteiger charge is -2.22. The highest BCUT2D eigenvalue weighted by Gasteiger charge is 2.20. The maximum Gasteiger partial charge on any atom is 0.305 e. The average Bonchev–Trinajstić information content (AvgIpc) is 3.24. The zero-order valence-electron chi connectivity index (χ0n) is 39.7. The van der Waals surface area contributed by atoms with E-state index in [9.17, 15) is 19.8 Å². The van der Waals surface area contributed by atoms with Crippen LogP contribution in [0.25, 0.3) is 0 Å². The molecule has 0 saturated heterocycles. The van der Waals surface area contributed by atoms with Gasteiger partial charge in [-0.25, -0.2) is 0 Å². The van der Waals surface area contributed by atoms with Crippen molar-refractivity contribution < 1.29 is 24.5 Å². The van der Waals surface area contributed by atoms with Gasteiger partial charge in [-0.05, 0) is 44.9 Å². The zero-order valence-corrected chi connectivity index (χ0v) is 39.7. The highest BCUT2D eigenvalue weighted by atomic mass is 16.5. The molecule has 0 aromatic heterocycles. The quantitative estimate of drug-likeness (QED) is 0.0322.